The number of hydrogen-bond donors (Lipinski definition) is 1. The maximum atomic E-state index is 13.0. The van der Waals surface area contributed by atoms with Gasteiger partial charge in [0.1, 0.15) is 0 Å². The molecular formula is C19H25N3O4. The number of likely N-dealkylation sites (tertiary alicyclic amines) is 1. The van der Waals surface area contributed by atoms with Crippen LogP contribution in [0.3, 0.4) is 0 Å². The van der Waals surface area contributed by atoms with Crippen molar-refractivity contribution in [1.29, 1.82) is 0 Å². The van der Waals surface area contributed by atoms with Crippen molar-refractivity contribution in [3.8, 4) is 0 Å². The van der Waals surface area contributed by atoms with Crippen molar-refractivity contribution in [1.82, 2.24) is 14.5 Å². The third kappa shape index (κ3) is 2.85. The molecule has 1 aromatic carbocycles. The van der Waals surface area contributed by atoms with E-state index in [-0.39, 0.29) is 17.6 Å². The predicted molar refractivity (Wildman–Crippen MR) is 97.2 cm³/mol. The molecule has 26 heavy (non-hydrogen) atoms. The molecule has 0 bridgehead atoms. The van der Waals surface area contributed by atoms with Crippen LogP contribution in [0.25, 0.3) is 11.0 Å². The molecule has 2 aromatic rings. The fourth-order valence-corrected chi connectivity index (χ4v) is 4.26. The van der Waals surface area contributed by atoms with Crippen molar-refractivity contribution in [2.24, 2.45) is 0 Å². The number of H-pyrrole nitrogens is 1. The number of ether oxygens (including phenoxy) is 2. The van der Waals surface area contributed by atoms with Crippen LogP contribution in [0.1, 0.15) is 31.7 Å². The molecule has 3 heterocycles. The van der Waals surface area contributed by atoms with Crippen LogP contribution in [0.15, 0.2) is 29.1 Å². The number of carbonyl (C=O) groups is 1. The van der Waals surface area contributed by atoms with Crippen molar-refractivity contribution in [3.63, 3.8) is 0 Å². The molecule has 1 aromatic heterocycles. The lowest BCUT2D eigenvalue weighted by molar-refractivity contribution is -0.167. The number of fused-ring (bicyclic) bond motifs is 1. The lowest BCUT2D eigenvalue weighted by atomic mass is 9.91. The van der Waals surface area contributed by atoms with Crippen molar-refractivity contribution >= 4 is 16.9 Å². The number of nitrogens with one attached hydrogen (secondary N) is 1. The van der Waals surface area contributed by atoms with Crippen LogP contribution in [0, 0.1) is 0 Å². The number of imidazole rings is 1. The Kier molecular flexibility index (Phi) is 4.58. The maximum absolute atomic E-state index is 13.0. The smallest absolute Gasteiger partial charge is 0.326 e. The Labute approximate surface area is 151 Å². The highest BCUT2D eigenvalue weighted by Gasteiger charge is 2.43. The molecule has 7 heteroatoms. The van der Waals surface area contributed by atoms with Gasteiger partial charge < -0.3 is 19.4 Å². The Morgan fingerprint density at radius 3 is 2.62 bits per heavy atom. The summed E-state index contributed by atoms with van der Waals surface area (Å²) >= 11 is 0. The van der Waals surface area contributed by atoms with Gasteiger partial charge in [-0.05, 0) is 25.0 Å². The van der Waals surface area contributed by atoms with Crippen LogP contribution < -0.4 is 5.69 Å². The van der Waals surface area contributed by atoms with Crippen LogP contribution in [-0.4, -0.2) is 59.4 Å². The highest BCUT2D eigenvalue weighted by Crippen LogP contribution is 2.31. The van der Waals surface area contributed by atoms with Crippen molar-refractivity contribution in [2.75, 3.05) is 33.4 Å². The van der Waals surface area contributed by atoms with Gasteiger partial charge in [-0.15, -0.1) is 0 Å². The monoisotopic (exact) mass is 359 g/mol. The number of aromatic amines is 1. The minimum Gasteiger partial charge on any atom is -0.381 e. The van der Waals surface area contributed by atoms with E-state index in [0.717, 1.165) is 23.9 Å². The number of carbonyl (C=O) groups excluding carboxylic acids is 1. The van der Waals surface area contributed by atoms with E-state index in [0.29, 0.717) is 39.1 Å². The molecule has 2 saturated heterocycles. The number of aromatic nitrogens is 2. The van der Waals surface area contributed by atoms with Crippen molar-refractivity contribution in [3.05, 3.63) is 34.7 Å². The fourth-order valence-electron chi connectivity index (χ4n) is 4.26. The number of para-hydroxylation sites is 2. The van der Waals surface area contributed by atoms with Gasteiger partial charge in [0.2, 0.25) is 0 Å². The van der Waals surface area contributed by atoms with E-state index in [4.69, 9.17) is 9.47 Å². The zero-order chi connectivity index (χ0) is 18.1. The van der Waals surface area contributed by atoms with Crippen LogP contribution >= 0.6 is 0 Å². The Bertz CT molecular complexity index is 842. The highest BCUT2D eigenvalue weighted by molar-refractivity contribution is 5.85. The lowest BCUT2D eigenvalue weighted by Crippen LogP contribution is -2.55. The average Bonchev–Trinajstić information content (AvgIpc) is 3.03. The number of hydrogen-bond acceptors (Lipinski definition) is 4. The summed E-state index contributed by atoms with van der Waals surface area (Å²) in [4.78, 5) is 30.3. The summed E-state index contributed by atoms with van der Waals surface area (Å²) in [5.41, 5.74) is 0.966. The van der Waals surface area contributed by atoms with Gasteiger partial charge in [0.25, 0.3) is 5.91 Å². The summed E-state index contributed by atoms with van der Waals surface area (Å²) in [5, 5.41) is 0. The first-order valence-electron chi connectivity index (χ1n) is 9.26. The quantitative estimate of drug-likeness (QED) is 0.905. The second kappa shape index (κ2) is 6.89. The molecule has 7 nitrogen and oxygen atoms in total. The van der Waals surface area contributed by atoms with Gasteiger partial charge in [0.05, 0.1) is 11.0 Å². The van der Waals surface area contributed by atoms with E-state index in [9.17, 15) is 9.59 Å². The SMILES string of the molecule is COC1(C(=O)N2CCC(n3c(=O)[nH]c4ccccc43)CC2)CCOCC1. The number of amides is 1. The van der Waals surface area contributed by atoms with Gasteiger partial charge in [0, 0.05) is 52.3 Å². The summed E-state index contributed by atoms with van der Waals surface area (Å²) in [7, 11) is 1.61. The Hall–Kier alpha value is -2.12. The van der Waals surface area contributed by atoms with Gasteiger partial charge in [-0.25, -0.2) is 4.79 Å². The normalized spacial score (nSPS) is 21.2. The van der Waals surface area contributed by atoms with E-state index in [1.807, 2.05) is 33.7 Å². The molecular weight excluding hydrogens is 334 g/mol. The summed E-state index contributed by atoms with van der Waals surface area (Å²) in [6.07, 6.45) is 2.74. The Morgan fingerprint density at radius 1 is 1.23 bits per heavy atom. The number of nitrogens with zero attached hydrogens (tertiary/aromatic N) is 2. The summed E-state index contributed by atoms with van der Waals surface area (Å²) in [6.45, 7) is 2.39. The first-order valence-corrected chi connectivity index (χ1v) is 9.26. The molecule has 0 spiro atoms. The predicted octanol–water partition coefficient (Wildman–Crippen LogP) is 1.69. The molecule has 0 aliphatic carbocycles. The van der Waals surface area contributed by atoms with Gasteiger partial charge in [-0.3, -0.25) is 9.36 Å². The fraction of sp³-hybridized carbons (Fsp3) is 0.579. The van der Waals surface area contributed by atoms with Gasteiger partial charge in [0.15, 0.2) is 5.60 Å². The molecule has 1 N–H and O–H groups in total. The zero-order valence-electron chi connectivity index (χ0n) is 15.1. The summed E-state index contributed by atoms with van der Waals surface area (Å²) < 4.78 is 12.9. The number of rotatable bonds is 3. The molecule has 0 saturated carbocycles. The second-order valence-electron chi connectivity index (χ2n) is 7.15. The van der Waals surface area contributed by atoms with Crippen LogP contribution in [0.5, 0.6) is 0 Å². The maximum Gasteiger partial charge on any atom is 0.326 e. The highest BCUT2D eigenvalue weighted by atomic mass is 16.5. The topological polar surface area (TPSA) is 76.6 Å². The Balaban J connectivity index is 1.49. The number of benzene rings is 1. The molecule has 140 valence electrons. The minimum absolute atomic E-state index is 0.0630. The number of methoxy groups -OCH3 is 1. The van der Waals surface area contributed by atoms with E-state index in [1.165, 1.54) is 0 Å². The van der Waals surface area contributed by atoms with Crippen LogP contribution in [0.4, 0.5) is 0 Å². The average molecular weight is 359 g/mol. The second-order valence-corrected chi connectivity index (χ2v) is 7.15. The molecule has 0 atom stereocenters. The van der Waals surface area contributed by atoms with Gasteiger partial charge in [-0.2, -0.15) is 0 Å². The van der Waals surface area contributed by atoms with E-state index < -0.39 is 5.60 Å². The zero-order valence-corrected chi connectivity index (χ0v) is 15.1. The third-order valence-corrected chi connectivity index (χ3v) is 5.82. The molecule has 0 radical (unpaired) electrons. The summed E-state index contributed by atoms with van der Waals surface area (Å²) in [5.74, 6) is 0.0630. The van der Waals surface area contributed by atoms with Crippen LogP contribution in [-0.2, 0) is 14.3 Å². The number of piperidine rings is 1. The first kappa shape index (κ1) is 17.3. The van der Waals surface area contributed by atoms with Crippen LogP contribution in [0.2, 0.25) is 0 Å². The molecule has 2 fully saturated rings. The largest absolute Gasteiger partial charge is 0.381 e. The van der Waals surface area contributed by atoms with Gasteiger partial charge in [-0.1, -0.05) is 12.1 Å². The van der Waals surface area contributed by atoms with Gasteiger partial charge >= 0.3 is 5.69 Å². The molecule has 2 aliphatic rings. The molecule has 4 rings (SSSR count). The Morgan fingerprint density at radius 2 is 1.92 bits per heavy atom. The van der Waals surface area contributed by atoms with Crippen molar-refractivity contribution < 1.29 is 14.3 Å². The summed E-state index contributed by atoms with van der Waals surface area (Å²) in [6, 6.07) is 7.85. The lowest BCUT2D eigenvalue weighted by Gasteiger charge is -2.41. The van der Waals surface area contributed by atoms with Crippen molar-refractivity contribution in [2.45, 2.75) is 37.3 Å². The molecule has 1 amide bonds. The minimum atomic E-state index is -0.747. The third-order valence-electron chi connectivity index (χ3n) is 5.82. The van der Waals surface area contributed by atoms with E-state index in [2.05, 4.69) is 4.98 Å². The molecule has 0 unspecified atom stereocenters. The molecule has 2 aliphatic heterocycles. The standard InChI is InChI=1S/C19H25N3O4/c1-25-19(8-12-26-13-9-19)17(23)21-10-6-14(7-11-21)22-16-5-3-2-4-15(16)20-18(22)24/h2-5,14H,6-13H2,1H3,(H,20,24). The first-order chi connectivity index (χ1) is 12.6. The van der Waals surface area contributed by atoms with E-state index in [1.54, 1.807) is 7.11 Å². The van der Waals surface area contributed by atoms with E-state index >= 15 is 0 Å².